The van der Waals surface area contributed by atoms with Crippen LogP contribution in [0.3, 0.4) is 0 Å². The van der Waals surface area contributed by atoms with Crippen LogP contribution < -0.4 is 14.9 Å². The van der Waals surface area contributed by atoms with Crippen LogP contribution in [-0.4, -0.2) is 51.5 Å². The lowest BCUT2D eigenvalue weighted by Gasteiger charge is -2.33. The van der Waals surface area contributed by atoms with Crippen LogP contribution in [0.2, 0.25) is 0 Å². The number of aromatic nitrogens is 1. The van der Waals surface area contributed by atoms with E-state index in [2.05, 4.69) is 15.6 Å². The van der Waals surface area contributed by atoms with Crippen molar-refractivity contribution in [2.45, 2.75) is 31.3 Å². The number of rotatable bonds is 7. The molecule has 2 atom stereocenters. The van der Waals surface area contributed by atoms with Crippen LogP contribution in [0.15, 0.2) is 71.1 Å². The molecule has 1 fully saturated rings. The van der Waals surface area contributed by atoms with E-state index in [1.165, 1.54) is 42.7 Å². The normalized spacial score (nSPS) is 17.3. The van der Waals surface area contributed by atoms with Gasteiger partial charge in [0, 0.05) is 48.1 Å². The summed E-state index contributed by atoms with van der Waals surface area (Å²) in [4.78, 5) is 30.0. The van der Waals surface area contributed by atoms with Gasteiger partial charge in [0.15, 0.2) is 5.78 Å². The summed E-state index contributed by atoms with van der Waals surface area (Å²) in [5, 5.41) is 7.54. The number of piperidine rings is 1. The Morgan fingerprint density at radius 1 is 1.05 bits per heavy atom. The number of aromatic amines is 1. The molecule has 3 heterocycles. The van der Waals surface area contributed by atoms with E-state index in [0.717, 1.165) is 23.6 Å². The van der Waals surface area contributed by atoms with Gasteiger partial charge in [0.2, 0.25) is 10.0 Å². The number of hydrogen-bond donors (Lipinski definition) is 3. The summed E-state index contributed by atoms with van der Waals surface area (Å²) in [6.45, 7) is 0. The van der Waals surface area contributed by atoms with Crippen LogP contribution in [0.4, 0.5) is 10.1 Å². The predicted molar refractivity (Wildman–Crippen MR) is 164 cm³/mol. The average Bonchev–Trinajstić information content (AvgIpc) is 3.61. The number of carbonyl (C=O) groups is 2. The maximum absolute atomic E-state index is 13.7. The Bertz CT molecular complexity index is 1950. The summed E-state index contributed by atoms with van der Waals surface area (Å²) in [6, 6.07) is 17.6. The van der Waals surface area contributed by atoms with Gasteiger partial charge >= 0.3 is 0 Å². The quantitative estimate of drug-likeness (QED) is 0.210. The topological polar surface area (TPSA) is 125 Å². The second-order valence-corrected chi connectivity index (χ2v) is 12.9. The first-order chi connectivity index (χ1) is 20.5. The third-order valence-electron chi connectivity index (χ3n) is 8.11. The van der Waals surface area contributed by atoms with Crippen molar-refractivity contribution >= 4 is 49.3 Å². The molecule has 0 bridgehead atoms. The molecule has 0 radical (unpaired) electrons. The Morgan fingerprint density at radius 3 is 2.49 bits per heavy atom. The number of nitrogens with one attached hydrogen (secondary N) is 3. The maximum atomic E-state index is 13.7. The molecule has 5 aromatic rings. The highest BCUT2D eigenvalue weighted by Crippen LogP contribution is 2.41. The predicted octanol–water partition coefficient (Wildman–Crippen LogP) is 5.54. The number of halogens is 1. The first-order valence-corrected chi connectivity index (χ1v) is 15.8. The molecule has 3 N–H and O–H groups in total. The van der Waals surface area contributed by atoms with Gasteiger partial charge in [-0.15, -0.1) is 0 Å². The van der Waals surface area contributed by atoms with Crippen molar-refractivity contribution in [3.05, 3.63) is 89.4 Å². The molecule has 0 saturated carbocycles. The standard InChI is InChI=1S/C32H31FN4O5S/c1-34-32(39)29-22-16-21(24-9-6-10-25(36-24)30(38)26-15-19-7-4-5-8-23(19)35-26)27(37(2)43(3,40)41)17-28(22)42-31(29)18-11-13-20(33)14-12-18/h4-5,7-8,11-17,24-25,35-36H,6,9-10H2,1-3H3,(H,34,39)/t24-,25?/m1/s1. The fraction of sp³-hybridized carbons (Fsp3) is 0.250. The fourth-order valence-electron chi connectivity index (χ4n) is 5.82. The van der Waals surface area contributed by atoms with E-state index >= 15 is 0 Å². The molecule has 0 spiro atoms. The van der Waals surface area contributed by atoms with Gasteiger partial charge in [-0.3, -0.25) is 13.9 Å². The molecule has 1 saturated heterocycles. The zero-order valence-corrected chi connectivity index (χ0v) is 24.7. The van der Waals surface area contributed by atoms with E-state index in [1.54, 1.807) is 12.1 Å². The second kappa shape index (κ2) is 11.0. The molecule has 43 heavy (non-hydrogen) atoms. The summed E-state index contributed by atoms with van der Waals surface area (Å²) in [5.74, 6) is -0.673. The number of para-hydroxylation sites is 1. The Balaban J connectivity index is 1.46. The third-order valence-corrected chi connectivity index (χ3v) is 9.30. The highest BCUT2D eigenvalue weighted by Gasteiger charge is 2.33. The number of sulfonamides is 1. The van der Waals surface area contributed by atoms with Gasteiger partial charge in [0.1, 0.15) is 17.2 Å². The lowest BCUT2D eigenvalue weighted by atomic mass is 9.89. The molecule has 2 aromatic heterocycles. The monoisotopic (exact) mass is 602 g/mol. The molecular formula is C32H31FN4O5S. The SMILES string of the molecule is CNC(=O)c1c(-c2ccc(F)cc2)oc2cc(N(C)S(C)(=O)=O)c([C@H]3CCCC(C(=O)c4cc5ccccc5[nH]4)N3)cc12. The molecule has 0 aliphatic carbocycles. The van der Waals surface area contributed by atoms with Crippen LogP contribution >= 0.6 is 0 Å². The number of carbonyl (C=O) groups excluding carboxylic acids is 2. The Morgan fingerprint density at radius 2 is 1.79 bits per heavy atom. The lowest BCUT2D eigenvalue weighted by Crippen LogP contribution is -2.43. The van der Waals surface area contributed by atoms with Crippen molar-refractivity contribution in [3.63, 3.8) is 0 Å². The van der Waals surface area contributed by atoms with Gasteiger partial charge in [-0.25, -0.2) is 12.8 Å². The highest BCUT2D eigenvalue weighted by molar-refractivity contribution is 7.92. The first-order valence-electron chi connectivity index (χ1n) is 14.0. The number of furan rings is 1. The molecular weight excluding hydrogens is 571 g/mol. The van der Waals surface area contributed by atoms with Gasteiger partial charge in [0.05, 0.1) is 29.2 Å². The van der Waals surface area contributed by atoms with Crippen molar-refractivity contribution in [3.8, 4) is 11.3 Å². The number of ketones is 1. The van der Waals surface area contributed by atoms with Gasteiger partial charge in [0.25, 0.3) is 5.91 Å². The van der Waals surface area contributed by atoms with Crippen molar-refractivity contribution in [2.24, 2.45) is 0 Å². The lowest BCUT2D eigenvalue weighted by molar-refractivity contribution is 0.0907. The minimum Gasteiger partial charge on any atom is -0.455 e. The van der Waals surface area contributed by atoms with Crippen molar-refractivity contribution in [1.29, 1.82) is 0 Å². The van der Waals surface area contributed by atoms with E-state index in [9.17, 15) is 22.4 Å². The average molecular weight is 603 g/mol. The zero-order valence-electron chi connectivity index (χ0n) is 23.9. The number of anilines is 1. The van der Waals surface area contributed by atoms with Gasteiger partial charge in [-0.2, -0.15) is 0 Å². The highest BCUT2D eigenvalue weighted by atomic mass is 32.2. The minimum atomic E-state index is -3.68. The van der Waals surface area contributed by atoms with Gasteiger partial charge in [-0.05, 0) is 67.3 Å². The van der Waals surface area contributed by atoms with Crippen LogP contribution in [0.25, 0.3) is 33.2 Å². The third kappa shape index (κ3) is 5.30. The van der Waals surface area contributed by atoms with E-state index < -0.39 is 33.8 Å². The molecule has 222 valence electrons. The first kappa shape index (κ1) is 28.6. The molecule has 1 aliphatic rings. The number of fused-ring (bicyclic) bond motifs is 2. The largest absolute Gasteiger partial charge is 0.455 e. The number of H-pyrrole nitrogens is 1. The molecule has 11 heteroatoms. The number of nitrogens with zero attached hydrogens (tertiary/aromatic N) is 1. The summed E-state index contributed by atoms with van der Waals surface area (Å²) < 4.78 is 46.5. The summed E-state index contributed by atoms with van der Waals surface area (Å²) >= 11 is 0. The van der Waals surface area contributed by atoms with Gasteiger partial charge in [-0.1, -0.05) is 18.2 Å². The Hall–Kier alpha value is -4.48. The van der Waals surface area contributed by atoms with E-state index in [4.69, 9.17) is 4.42 Å². The van der Waals surface area contributed by atoms with E-state index in [-0.39, 0.29) is 17.1 Å². The zero-order chi connectivity index (χ0) is 30.5. The summed E-state index contributed by atoms with van der Waals surface area (Å²) in [5.41, 5.74) is 3.41. The maximum Gasteiger partial charge on any atom is 0.255 e. The summed E-state index contributed by atoms with van der Waals surface area (Å²) in [7, 11) is -0.721. The van der Waals surface area contributed by atoms with Crippen LogP contribution in [0.5, 0.6) is 0 Å². The van der Waals surface area contributed by atoms with Crippen molar-refractivity contribution in [1.82, 2.24) is 15.6 Å². The fourth-order valence-corrected chi connectivity index (χ4v) is 6.33. The molecule has 1 amide bonds. The van der Waals surface area contributed by atoms with Crippen LogP contribution in [0, 0.1) is 5.82 Å². The van der Waals surface area contributed by atoms with Crippen LogP contribution in [0.1, 0.15) is 51.7 Å². The molecule has 6 rings (SSSR count). The van der Waals surface area contributed by atoms with Crippen molar-refractivity contribution < 1.29 is 26.8 Å². The smallest absolute Gasteiger partial charge is 0.255 e. The number of hydrogen-bond acceptors (Lipinski definition) is 6. The van der Waals surface area contributed by atoms with Gasteiger partial charge < -0.3 is 20.0 Å². The van der Waals surface area contributed by atoms with Crippen molar-refractivity contribution in [2.75, 3.05) is 24.7 Å². The molecule has 9 nitrogen and oxygen atoms in total. The molecule has 3 aromatic carbocycles. The number of benzene rings is 3. The Labute approximate surface area is 248 Å². The second-order valence-electron chi connectivity index (χ2n) is 10.9. The summed E-state index contributed by atoms with van der Waals surface area (Å²) in [6.07, 6.45) is 3.10. The van der Waals surface area contributed by atoms with E-state index in [0.29, 0.717) is 46.3 Å². The number of Topliss-reactive ketones (excluding diaryl/α,β-unsaturated/α-hetero) is 1. The van der Waals surface area contributed by atoms with Crippen LogP contribution in [-0.2, 0) is 10.0 Å². The Kier molecular flexibility index (Phi) is 7.31. The number of amides is 1. The van der Waals surface area contributed by atoms with E-state index in [1.807, 2.05) is 30.3 Å². The molecule has 1 unspecified atom stereocenters. The minimum absolute atomic E-state index is 0.0760. The molecule has 1 aliphatic heterocycles.